The number of nitrogens with zero attached hydrogens (tertiary/aromatic N) is 2. The van der Waals surface area contributed by atoms with Crippen LogP contribution >= 0.6 is 0 Å². The number of rotatable bonds is 2. The molecule has 0 unspecified atom stereocenters. The maximum absolute atomic E-state index is 5.77. The van der Waals surface area contributed by atoms with Crippen molar-refractivity contribution in [3.05, 3.63) is 18.2 Å². The normalized spacial score (nSPS) is 12.0. The van der Waals surface area contributed by atoms with Crippen molar-refractivity contribution in [3.8, 4) is 5.75 Å². The Kier molecular flexibility index (Phi) is 2.55. The molecule has 0 amide bonds. The van der Waals surface area contributed by atoms with Gasteiger partial charge < -0.3 is 14.9 Å². The molecule has 0 spiro atoms. The maximum Gasteiger partial charge on any atom is 0.250 e. The molecule has 0 radical (unpaired) electrons. The first kappa shape index (κ1) is 10.9. The van der Waals surface area contributed by atoms with Crippen molar-refractivity contribution in [2.75, 3.05) is 0 Å². The average molecular weight is 221 g/mol. The minimum Gasteiger partial charge on any atom is -0.486 e. The lowest BCUT2D eigenvalue weighted by Gasteiger charge is -2.20. The molecular weight excluding hydrogens is 206 g/mol. The Bertz CT molecular complexity index is 499. The van der Waals surface area contributed by atoms with Gasteiger partial charge in [-0.2, -0.15) is 0 Å². The number of hydrogen-bond donors (Lipinski definition) is 1. The van der Waals surface area contributed by atoms with Crippen LogP contribution < -0.4 is 10.5 Å². The number of fused-ring (bicyclic) bond motifs is 1. The van der Waals surface area contributed by atoms with E-state index in [-0.39, 0.29) is 12.1 Å². The van der Waals surface area contributed by atoms with Gasteiger partial charge in [-0.25, -0.2) is 9.97 Å². The van der Waals surface area contributed by atoms with Crippen LogP contribution in [-0.2, 0) is 6.54 Å². The molecular formula is C11H15N3O2. The molecule has 0 bridgehead atoms. The minimum absolute atomic E-state index is 0.255. The summed E-state index contributed by atoms with van der Waals surface area (Å²) in [6.45, 7) is 6.18. The van der Waals surface area contributed by atoms with E-state index in [2.05, 4.69) is 9.97 Å². The average Bonchev–Trinajstić information content (AvgIpc) is 2.59. The summed E-state index contributed by atoms with van der Waals surface area (Å²) < 4.78 is 11.1. The van der Waals surface area contributed by atoms with Crippen LogP contribution in [0.2, 0.25) is 0 Å². The van der Waals surface area contributed by atoms with Gasteiger partial charge in [0.2, 0.25) is 5.89 Å². The number of hydrogen-bond acceptors (Lipinski definition) is 5. The van der Waals surface area contributed by atoms with E-state index in [1.807, 2.05) is 20.8 Å². The van der Waals surface area contributed by atoms with Crippen LogP contribution in [0.25, 0.3) is 11.2 Å². The Morgan fingerprint density at radius 2 is 2.19 bits per heavy atom. The topological polar surface area (TPSA) is 74.2 Å². The fourth-order valence-electron chi connectivity index (χ4n) is 1.35. The van der Waals surface area contributed by atoms with Crippen LogP contribution in [-0.4, -0.2) is 15.6 Å². The van der Waals surface area contributed by atoms with E-state index in [9.17, 15) is 0 Å². The van der Waals surface area contributed by atoms with Crippen LogP contribution in [0.1, 0.15) is 26.7 Å². The first-order valence-corrected chi connectivity index (χ1v) is 5.13. The molecule has 0 aromatic carbocycles. The molecule has 16 heavy (non-hydrogen) atoms. The Morgan fingerprint density at radius 1 is 1.44 bits per heavy atom. The summed E-state index contributed by atoms with van der Waals surface area (Å²) in [6.07, 6.45) is 1.63. The van der Waals surface area contributed by atoms with Crippen LogP contribution in [0.15, 0.2) is 16.7 Å². The molecule has 5 heteroatoms. The highest BCUT2D eigenvalue weighted by molar-refractivity contribution is 5.75. The van der Waals surface area contributed by atoms with Crippen LogP contribution in [0.3, 0.4) is 0 Å². The first-order chi connectivity index (χ1) is 7.49. The molecule has 0 fully saturated rings. The summed E-state index contributed by atoms with van der Waals surface area (Å²) in [6, 6.07) is 1.77. The highest BCUT2D eigenvalue weighted by Gasteiger charge is 2.17. The lowest BCUT2D eigenvalue weighted by atomic mass is 10.2. The van der Waals surface area contributed by atoms with Crippen molar-refractivity contribution in [3.63, 3.8) is 0 Å². The molecule has 0 aliphatic carbocycles. The lowest BCUT2D eigenvalue weighted by Crippen LogP contribution is -2.23. The number of nitrogens with two attached hydrogens (primary N) is 1. The summed E-state index contributed by atoms with van der Waals surface area (Å²) in [4.78, 5) is 8.31. The second kappa shape index (κ2) is 3.75. The molecule has 0 saturated heterocycles. The van der Waals surface area contributed by atoms with E-state index in [0.717, 1.165) is 0 Å². The molecule has 0 aliphatic heterocycles. The van der Waals surface area contributed by atoms with Gasteiger partial charge in [0.05, 0.1) is 6.54 Å². The summed E-state index contributed by atoms with van der Waals surface area (Å²) in [7, 11) is 0. The highest BCUT2D eigenvalue weighted by atomic mass is 16.5. The third-order valence-corrected chi connectivity index (χ3v) is 1.90. The highest BCUT2D eigenvalue weighted by Crippen LogP contribution is 2.26. The van der Waals surface area contributed by atoms with Gasteiger partial charge in [-0.05, 0) is 20.8 Å². The largest absolute Gasteiger partial charge is 0.486 e. The van der Waals surface area contributed by atoms with E-state index in [0.29, 0.717) is 22.9 Å². The Labute approximate surface area is 93.6 Å². The number of ether oxygens (including phenoxy) is 1. The maximum atomic E-state index is 5.77. The molecule has 0 saturated carbocycles. The van der Waals surface area contributed by atoms with E-state index >= 15 is 0 Å². The van der Waals surface area contributed by atoms with Crippen molar-refractivity contribution >= 4 is 11.2 Å². The van der Waals surface area contributed by atoms with Gasteiger partial charge in [-0.1, -0.05) is 0 Å². The van der Waals surface area contributed by atoms with Gasteiger partial charge >= 0.3 is 0 Å². The summed E-state index contributed by atoms with van der Waals surface area (Å²) in [5, 5.41) is 0. The third-order valence-electron chi connectivity index (χ3n) is 1.90. The molecule has 0 atom stereocenters. The Balaban J connectivity index is 2.48. The molecule has 2 rings (SSSR count). The van der Waals surface area contributed by atoms with E-state index in [1.54, 1.807) is 12.3 Å². The molecule has 0 aliphatic rings. The smallest absolute Gasteiger partial charge is 0.250 e. The van der Waals surface area contributed by atoms with Crippen LogP contribution in [0.5, 0.6) is 5.75 Å². The molecule has 2 N–H and O–H groups in total. The van der Waals surface area contributed by atoms with Crippen molar-refractivity contribution < 1.29 is 9.15 Å². The zero-order valence-electron chi connectivity index (χ0n) is 9.65. The Morgan fingerprint density at radius 3 is 2.81 bits per heavy atom. The summed E-state index contributed by atoms with van der Waals surface area (Å²) in [5.74, 6) is 1.13. The van der Waals surface area contributed by atoms with Gasteiger partial charge in [0.1, 0.15) is 5.60 Å². The van der Waals surface area contributed by atoms with E-state index in [1.165, 1.54) is 0 Å². The van der Waals surface area contributed by atoms with Crippen molar-refractivity contribution in [2.45, 2.75) is 32.9 Å². The zero-order chi connectivity index (χ0) is 11.8. The second-order valence-electron chi connectivity index (χ2n) is 4.49. The van der Waals surface area contributed by atoms with Crippen LogP contribution in [0.4, 0.5) is 0 Å². The third kappa shape index (κ3) is 2.14. The van der Waals surface area contributed by atoms with Crippen LogP contribution in [0, 0.1) is 0 Å². The number of oxazole rings is 1. The first-order valence-electron chi connectivity index (χ1n) is 5.13. The van der Waals surface area contributed by atoms with Crippen molar-refractivity contribution in [1.29, 1.82) is 0 Å². The SMILES string of the molecule is CC(C)(C)Oc1ccnc2oc(CN)nc12. The molecule has 2 heterocycles. The van der Waals surface area contributed by atoms with Gasteiger partial charge in [-0.15, -0.1) is 0 Å². The fourth-order valence-corrected chi connectivity index (χ4v) is 1.35. The Hall–Kier alpha value is -1.62. The standard InChI is InChI=1S/C11H15N3O2/c1-11(2,3)16-7-4-5-13-10-9(7)14-8(6-12)15-10/h4-5H,6,12H2,1-3H3. The van der Waals surface area contributed by atoms with Crippen molar-refractivity contribution in [2.24, 2.45) is 5.73 Å². The van der Waals surface area contributed by atoms with E-state index < -0.39 is 0 Å². The second-order valence-corrected chi connectivity index (χ2v) is 4.49. The predicted octanol–water partition coefficient (Wildman–Crippen LogP) is 1.86. The summed E-state index contributed by atoms with van der Waals surface area (Å²) in [5.41, 5.74) is 6.27. The molecule has 2 aromatic rings. The minimum atomic E-state index is -0.282. The van der Waals surface area contributed by atoms with Gasteiger partial charge in [0.15, 0.2) is 11.3 Å². The molecule has 86 valence electrons. The molecule has 5 nitrogen and oxygen atoms in total. The van der Waals surface area contributed by atoms with Gasteiger partial charge in [0.25, 0.3) is 5.71 Å². The van der Waals surface area contributed by atoms with Crippen molar-refractivity contribution in [1.82, 2.24) is 9.97 Å². The zero-order valence-corrected chi connectivity index (χ0v) is 9.65. The fraction of sp³-hybridized carbons (Fsp3) is 0.455. The van der Waals surface area contributed by atoms with Gasteiger partial charge in [-0.3, -0.25) is 0 Å². The number of pyridine rings is 1. The number of aromatic nitrogens is 2. The summed E-state index contributed by atoms with van der Waals surface area (Å²) >= 11 is 0. The lowest BCUT2D eigenvalue weighted by molar-refractivity contribution is 0.133. The van der Waals surface area contributed by atoms with E-state index in [4.69, 9.17) is 14.9 Å². The monoisotopic (exact) mass is 221 g/mol. The quantitative estimate of drug-likeness (QED) is 0.837. The molecule has 2 aromatic heterocycles. The van der Waals surface area contributed by atoms with Gasteiger partial charge in [0, 0.05) is 12.3 Å². The predicted molar refractivity (Wildman–Crippen MR) is 60.1 cm³/mol.